The van der Waals surface area contributed by atoms with Crippen molar-refractivity contribution in [2.75, 3.05) is 0 Å². The Morgan fingerprint density at radius 2 is 0.551 bits per heavy atom. The van der Waals surface area contributed by atoms with Gasteiger partial charge in [0, 0.05) is 0 Å². The fourth-order valence-corrected chi connectivity index (χ4v) is 47.2. The summed E-state index contributed by atoms with van der Waals surface area (Å²) < 4.78 is 25.2. The zero-order valence-corrected chi connectivity index (χ0v) is 39.8. The van der Waals surface area contributed by atoms with E-state index in [0.29, 0.717) is 12.8 Å². The third kappa shape index (κ3) is 28.6. The summed E-state index contributed by atoms with van der Waals surface area (Å²) in [4.78, 5) is 27.2. The second-order valence-electron chi connectivity index (χ2n) is 15.1. The molecule has 0 unspecified atom stereocenters. The molecule has 0 radical (unpaired) electrons. The maximum absolute atomic E-state index is 13.6. The standard InChI is InChI=1S/4C8H17.2C5H10O2.O.2Sn/c4*1-3-5-7-8-6-4-2;2*1-2-3-4-5(6)7;;;/h4*1,3-8H2,2H3;2*2-4H2,1H3,(H,6,7);;;/q;;;;;;;2*+1/p-2. The Hall–Kier alpha value is 0.497. The first kappa shape index (κ1) is 49.5. The fourth-order valence-electron chi connectivity index (χ4n) is 6.90. The van der Waals surface area contributed by atoms with Gasteiger partial charge in [-0.2, -0.15) is 0 Å². The van der Waals surface area contributed by atoms with Crippen molar-refractivity contribution in [3.05, 3.63) is 0 Å². The molecule has 5 nitrogen and oxygen atoms in total. The SMILES string of the molecule is CCCCCCC[CH2][Sn]([CH2]CCCCCCC)([O]C(=O)CCCC)[O][Sn]([CH2]CCCCCCC)([CH2]CCCCCCC)[O]C(=O)CCCC. The number of hydrogen-bond acceptors (Lipinski definition) is 5. The van der Waals surface area contributed by atoms with E-state index in [1.54, 1.807) is 0 Å². The van der Waals surface area contributed by atoms with Crippen LogP contribution in [0.3, 0.4) is 0 Å². The molecule has 0 aromatic heterocycles. The van der Waals surface area contributed by atoms with E-state index in [1.165, 1.54) is 128 Å². The van der Waals surface area contributed by atoms with Gasteiger partial charge in [-0.1, -0.05) is 0 Å². The van der Waals surface area contributed by atoms with Gasteiger partial charge in [0.25, 0.3) is 0 Å². The molecule has 0 saturated heterocycles. The first-order valence-electron chi connectivity index (χ1n) is 22.0. The van der Waals surface area contributed by atoms with Crippen LogP contribution in [0.25, 0.3) is 0 Å². The van der Waals surface area contributed by atoms with Gasteiger partial charge in [0.1, 0.15) is 0 Å². The Morgan fingerprint density at radius 1 is 0.327 bits per heavy atom. The zero-order chi connectivity index (χ0) is 36.3. The van der Waals surface area contributed by atoms with Crippen LogP contribution in [0.5, 0.6) is 0 Å². The predicted octanol–water partition coefficient (Wildman–Crippen LogP) is 14.8. The van der Waals surface area contributed by atoms with Crippen LogP contribution in [0.1, 0.15) is 234 Å². The van der Waals surface area contributed by atoms with E-state index >= 15 is 0 Å². The van der Waals surface area contributed by atoms with Crippen molar-refractivity contribution in [1.82, 2.24) is 0 Å². The van der Waals surface area contributed by atoms with E-state index in [0.717, 1.165) is 69.1 Å². The van der Waals surface area contributed by atoms with Gasteiger partial charge in [0.05, 0.1) is 0 Å². The van der Waals surface area contributed by atoms with Crippen molar-refractivity contribution >= 4 is 50.3 Å². The van der Waals surface area contributed by atoms with E-state index in [9.17, 15) is 9.59 Å². The number of rotatable bonds is 38. The molecular formula is C42H86O5Sn2. The molecule has 0 fully saturated rings. The summed E-state index contributed by atoms with van der Waals surface area (Å²) in [5.41, 5.74) is 0. The molecule has 0 spiro atoms. The molecule has 0 saturated carbocycles. The Labute approximate surface area is 317 Å². The molecule has 0 aliphatic rings. The average molecular weight is 909 g/mol. The quantitative estimate of drug-likeness (QED) is 0.0456. The van der Waals surface area contributed by atoms with Crippen molar-refractivity contribution in [1.29, 1.82) is 0 Å². The van der Waals surface area contributed by atoms with Crippen LogP contribution in [-0.2, 0) is 17.1 Å². The summed E-state index contributed by atoms with van der Waals surface area (Å²) in [6.07, 6.45) is 34.0. The monoisotopic (exact) mass is 910 g/mol. The van der Waals surface area contributed by atoms with Crippen LogP contribution in [0, 0.1) is 0 Å². The molecule has 0 N–H and O–H groups in total. The number of hydrogen-bond donors (Lipinski definition) is 0. The van der Waals surface area contributed by atoms with E-state index in [2.05, 4.69) is 41.5 Å². The van der Waals surface area contributed by atoms with Gasteiger partial charge in [-0.15, -0.1) is 0 Å². The number of carbonyl (C=O) groups is 2. The summed E-state index contributed by atoms with van der Waals surface area (Å²) in [6, 6.07) is 0. The summed E-state index contributed by atoms with van der Waals surface area (Å²) in [6.45, 7) is 13.4. The molecule has 0 rings (SSSR count). The first-order chi connectivity index (χ1) is 23.9. The normalized spacial score (nSPS) is 12.0. The Bertz CT molecular complexity index is 655. The molecule has 0 aliphatic heterocycles. The van der Waals surface area contributed by atoms with Gasteiger partial charge in [-0.05, 0) is 0 Å². The Kier molecular flexibility index (Phi) is 35.9. The second-order valence-corrected chi connectivity index (χ2v) is 36.9. The van der Waals surface area contributed by atoms with Crippen molar-refractivity contribution in [3.8, 4) is 0 Å². The first-order valence-corrected chi connectivity index (χ1v) is 34.7. The minimum atomic E-state index is -4.00. The van der Waals surface area contributed by atoms with Crippen LogP contribution < -0.4 is 0 Å². The average Bonchev–Trinajstić information content (AvgIpc) is 3.09. The van der Waals surface area contributed by atoms with E-state index in [-0.39, 0.29) is 11.9 Å². The van der Waals surface area contributed by atoms with Crippen LogP contribution in [0.15, 0.2) is 0 Å². The van der Waals surface area contributed by atoms with Crippen LogP contribution >= 0.6 is 0 Å². The summed E-state index contributed by atoms with van der Waals surface area (Å²) >= 11 is -8.01. The van der Waals surface area contributed by atoms with Crippen LogP contribution in [-0.4, -0.2) is 50.3 Å². The van der Waals surface area contributed by atoms with Gasteiger partial charge < -0.3 is 0 Å². The summed E-state index contributed by atoms with van der Waals surface area (Å²) in [7, 11) is 0. The number of unbranched alkanes of at least 4 members (excludes halogenated alkanes) is 22. The molecule has 0 bridgehead atoms. The van der Waals surface area contributed by atoms with Crippen molar-refractivity contribution in [3.63, 3.8) is 0 Å². The Balaban J connectivity index is 6.57. The summed E-state index contributed by atoms with van der Waals surface area (Å²) in [5, 5.41) is 0. The zero-order valence-electron chi connectivity index (χ0n) is 34.1. The maximum atomic E-state index is 13.6. The molecule has 7 heteroatoms. The Morgan fingerprint density at radius 3 is 0.796 bits per heavy atom. The molecule has 0 atom stereocenters. The second kappa shape index (κ2) is 35.5. The van der Waals surface area contributed by atoms with Gasteiger partial charge in [-0.25, -0.2) is 0 Å². The number of carbonyl (C=O) groups excluding carboxylic acids is 2. The van der Waals surface area contributed by atoms with Gasteiger partial charge in [0.15, 0.2) is 0 Å². The molecule has 0 heterocycles. The van der Waals surface area contributed by atoms with Crippen molar-refractivity contribution in [2.45, 2.75) is 252 Å². The third-order valence-corrected chi connectivity index (χ3v) is 42.6. The van der Waals surface area contributed by atoms with Gasteiger partial charge in [-0.3, -0.25) is 0 Å². The fraction of sp³-hybridized carbons (Fsp3) is 0.952. The van der Waals surface area contributed by atoms with Crippen LogP contribution in [0.2, 0.25) is 17.7 Å². The predicted molar refractivity (Wildman–Crippen MR) is 217 cm³/mol. The molecule has 49 heavy (non-hydrogen) atoms. The van der Waals surface area contributed by atoms with E-state index < -0.39 is 38.4 Å². The van der Waals surface area contributed by atoms with E-state index in [1.807, 2.05) is 0 Å². The summed E-state index contributed by atoms with van der Waals surface area (Å²) in [5.74, 6) is -0.0718. The molecular weight excluding hydrogens is 822 g/mol. The van der Waals surface area contributed by atoms with Crippen molar-refractivity contribution < 1.29 is 17.1 Å². The third-order valence-electron chi connectivity index (χ3n) is 10.1. The van der Waals surface area contributed by atoms with Gasteiger partial charge >= 0.3 is 319 Å². The molecule has 0 amide bonds. The van der Waals surface area contributed by atoms with E-state index in [4.69, 9.17) is 7.56 Å². The topological polar surface area (TPSA) is 61.8 Å². The van der Waals surface area contributed by atoms with Gasteiger partial charge in [0.2, 0.25) is 0 Å². The molecule has 0 aromatic carbocycles. The minimum absolute atomic E-state index is 0.0359. The molecule has 0 aromatic rings. The molecule has 0 aliphatic carbocycles. The van der Waals surface area contributed by atoms with Crippen molar-refractivity contribution in [2.24, 2.45) is 0 Å². The van der Waals surface area contributed by atoms with Crippen LogP contribution in [0.4, 0.5) is 0 Å². The molecule has 292 valence electrons.